The lowest BCUT2D eigenvalue weighted by Gasteiger charge is -2.34. The molecule has 0 aromatic rings. The number of Topliss-reactive ketones (excluding diaryl/α,β-unsaturated/α-hetero) is 1. The van der Waals surface area contributed by atoms with Gasteiger partial charge in [0.1, 0.15) is 11.8 Å². The fourth-order valence-corrected chi connectivity index (χ4v) is 1.36. The van der Waals surface area contributed by atoms with Gasteiger partial charge >= 0.3 is 18.3 Å². The van der Waals surface area contributed by atoms with Gasteiger partial charge in [0.05, 0.1) is 0 Å². The van der Waals surface area contributed by atoms with Crippen LogP contribution in [0.15, 0.2) is 0 Å². The minimum atomic E-state index is -5.39. The number of carbonyl (C=O) groups is 2. The summed E-state index contributed by atoms with van der Waals surface area (Å²) in [4.78, 5) is 24.9. The van der Waals surface area contributed by atoms with Crippen molar-refractivity contribution in [3.63, 3.8) is 0 Å². The topological polar surface area (TPSA) is 46.6 Å². The van der Waals surface area contributed by atoms with Crippen LogP contribution in [-0.4, -0.2) is 41.8 Å². The molecule has 0 spiro atoms. The smallest absolute Gasteiger partial charge is 0.360 e. The third kappa shape index (κ3) is 3.59. The predicted octanol–water partition coefficient (Wildman–Crippen LogP) is 1.60. The molecule has 0 bridgehead atoms. The molecular weight excluding hydrogens is 272 g/mol. The van der Waals surface area contributed by atoms with Crippen LogP contribution in [0.3, 0.4) is 0 Å². The molecule has 0 aliphatic carbocycles. The summed E-state index contributed by atoms with van der Waals surface area (Å²) >= 11 is 0. The second kappa shape index (κ2) is 4.75. The number of hydrogen-bond acceptors (Lipinski definition) is 4. The molecule has 1 unspecified atom stereocenters. The zero-order valence-electron chi connectivity index (χ0n) is 8.64. The van der Waals surface area contributed by atoms with Crippen molar-refractivity contribution < 1.29 is 40.8 Å². The molecule has 0 N–H and O–H groups in total. The van der Waals surface area contributed by atoms with E-state index >= 15 is 0 Å². The molecule has 18 heavy (non-hydrogen) atoms. The van der Waals surface area contributed by atoms with Crippen LogP contribution in [0.2, 0.25) is 0 Å². The van der Waals surface area contributed by atoms with Gasteiger partial charge in [-0.25, -0.2) is 4.79 Å². The number of piperidine rings is 1. The van der Waals surface area contributed by atoms with Gasteiger partial charge in [-0.3, -0.25) is 4.79 Å². The van der Waals surface area contributed by atoms with Crippen molar-refractivity contribution in [1.82, 2.24) is 5.06 Å². The predicted molar refractivity (Wildman–Crippen MR) is 42.9 cm³/mol. The third-order valence-electron chi connectivity index (χ3n) is 2.19. The number of nitrogens with zero attached hydrogens (tertiary/aromatic N) is 1. The van der Waals surface area contributed by atoms with E-state index in [-0.39, 0.29) is 5.06 Å². The molecule has 1 atom stereocenters. The Balaban J connectivity index is 2.79. The maximum atomic E-state index is 12.4. The highest BCUT2D eigenvalue weighted by Crippen LogP contribution is 2.31. The van der Waals surface area contributed by atoms with Crippen molar-refractivity contribution in [3.8, 4) is 0 Å². The van der Waals surface area contributed by atoms with Gasteiger partial charge in [-0.15, -0.1) is 5.06 Å². The van der Waals surface area contributed by atoms with Crippen LogP contribution in [0.4, 0.5) is 26.3 Å². The summed E-state index contributed by atoms with van der Waals surface area (Å²) in [5, 5.41) is -0.142. The lowest BCUT2D eigenvalue weighted by Crippen LogP contribution is -2.52. The normalized spacial score (nSPS) is 23.0. The van der Waals surface area contributed by atoms with E-state index in [0.717, 1.165) is 0 Å². The summed E-state index contributed by atoms with van der Waals surface area (Å²) in [6.45, 7) is -0.717. The maximum absolute atomic E-state index is 12.4. The van der Waals surface area contributed by atoms with Gasteiger partial charge < -0.3 is 4.84 Å². The van der Waals surface area contributed by atoms with Crippen LogP contribution < -0.4 is 0 Å². The molecular formula is C8H7F6NO3. The van der Waals surface area contributed by atoms with Crippen molar-refractivity contribution >= 4 is 11.8 Å². The first-order valence-corrected chi connectivity index (χ1v) is 4.66. The van der Waals surface area contributed by atoms with E-state index in [1.807, 2.05) is 0 Å². The van der Waals surface area contributed by atoms with Crippen molar-refractivity contribution in [2.24, 2.45) is 0 Å². The Hall–Kier alpha value is -1.32. The summed E-state index contributed by atoms with van der Waals surface area (Å²) in [7, 11) is 0. The van der Waals surface area contributed by atoms with Gasteiger partial charge in [-0.1, -0.05) is 0 Å². The average Bonchev–Trinajstić information content (AvgIpc) is 2.17. The number of hydroxylamine groups is 2. The largest absolute Gasteiger partial charge is 0.492 e. The highest BCUT2D eigenvalue weighted by atomic mass is 19.4. The molecule has 0 amide bonds. The number of ketones is 1. The summed E-state index contributed by atoms with van der Waals surface area (Å²) < 4.78 is 72.9. The molecule has 0 aromatic heterocycles. The summed E-state index contributed by atoms with van der Waals surface area (Å²) in [6, 6.07) is -2.54. The van der Waals surface area contributed by atoms with E-state index in [0.29, 0.717) is 0 Å². The second-order valence-corrected chi connectivity index (χ2v) is 3.57. The van der Waals surface area contributed by atoms with Crippen LogP contribution in [0.1, 0.15) is 12.8 Å². The first-order valence-electron chi connectivity index (χ1n) is 4.66. The second-order valence-electron chi connectivity index (χ2n) is 3.57. The molecule has 0 saturated carbocycles. The number of halogens is 6. The van der Waals surface area contributed by atoms with Crippen molar-refractivity contribution in [2.45, 2.75) is 31.2 Å². The van der Waals surface area contributed by atoms with Gasteiger partial charge in [0.15, 0.2) is 0 Å². The monoisotopic (exact) mass is 279 g/mol. The Kier molecular flexibility index (Phi) is 3.89. The fourth-order valence-electron chi connectivity index (χ4n) is 1.36. The quantitative estimate of drug-likeness (QED) is 0.684. The summed E-state index contributed by atoms with van der Waals surface area (Å²) in [5.41, 5.74) is 0. The van der Waals surface area contributed by atoms with Crippen molar-refractivity contribution in [3.05, 3.63) is 0 Å². The summed E-state index contributed by atoms with van der Waals surface area (Å²) in [6.07, 6.45) is -11.8. The van der Waals surface area contributed by atoms with Crippen molar-refractivity contribution in [1.29, 1.82) is 0 Å². The lowest BCUT2D eigenvalue weighted by atomic mass is 10.0. The zero-order valence-corrected chi connectivity index (χ0v) is 8.64. The molecule has 1 heterocycles. The Morgan fingerprint density at radius 3 is 2.22 bits per heavy atom. The first kappa shape index (κ1) is 14.7. The third-order valence-corrected chi connectivity index (χ3v) is 2.19. The van der Waals surface area contributed by atoms with Crippen LogP contribution in [0.5, 0.6) is 0 Å². The van der Waals surface area contributed by atoms with E-state index in [2.05, 4.69) is 4.84 Å². The number of rotatable bonds is 1. The van der Waals surface area contributed by atoms with Crippen LogP contribution >= 0.6 is 0 Å². The molecule has 4 nitrogen and oxygen atoms in total. The fraction of sp³-hybridized carbons (Fsp3) is 0.750. The van der Waals surface area contributed by atoms with Gasteiger partial charge in [0, 0.05) is 19.4 Å². The Bertz CT molecular complexity index is 350. The van der Waals surface area contributed by atoms with E-state index < -0.39 is 49.5 Å². The molecule has 1 aliphatic rings. The standard InChI is InChI=1S/C8H7F6NO3/c9-7(10,11)5-3-4(16)1-2-15(5)18-6(17)8(12,13)14/h5H,1-3H2. The van der Waals surface area contributed by atoms with E-state index in [9.17, 15) is 35.9 Å². The van der Waals surface area contributed by atoms with Gasteiger partial charge in [0.25, 0.3) is 0 Å². The highest BCUT2D eigenvalue weighted by molar-refractivity contribution is 5.80. The van der Waals surface area contributed by atoms with Crippen LogP contribution in [0, 0.1) is 0 Å². The average molecular weight is 279 g/mol. The van der Waals surface area contributed by atoms with E-state index in [1.165, 1.54) is 0 Å². The number of hydrogen-bond donors (Lipinski definition) is 0. The molecule has 1 rings (SSSR count). The summed E-state index contributed by atoms with van der Waals surface area (Å²) in [5.74, 6) is -3.50. The molecule has 1 fully saturated rings. The number of alkyl halides is 6. The Morgan fingerprint density at radius 1 is 1.22 bits per heavy atom. The van der Waals surface area contributed by atoms with Crippen molar-refractivity contribution in [2.75, 3.05) is 6.54 Å². The molecule has 1 saturated heterocycles. The first-order chi connectivity index (χ1) is 8.01. The van der Waals surface area contributed by atoms with Gasteiger partial charge in [-0.2, -0.15) is 26.3 Å². The van der Waals surface area contributed by atoms with Crippen LogP contribution in [0.25, 0.3) is 0 Å². The van der Waals surface area contributed by atoms with Gasteiger partial charge in [0.2, 0.25) is 0 Å². The minimum absolute atomic E-state index is 0.142. The Labute approximate surface area is 96.4 Å². The highest BCUT2D eigenvalue weighted by Gasteiger charge is 2.51. The zero-order chi connectivity index (χ0) is 14.1. The lowest BCUT2D eigenvalue weighted by molar-refractivity contribution is -0.287. The minimum Gasteiger partial charge on any atom is -0.360 e. The number of carbonyl (C=O) groups excluding carboxylic acids is 2. The molecule has 1 aliphatic heterocycles. The van der Waals surface area contributed by atoms with Crippen LogP contribution in [-0.2, 0) is 14.4 Å². The van der Waals surface area contributed by atoms with E-state index in [1.54, 1.807) is 0 Å². The SMILES string of the molecule is O=C1CCN(OC(=O)C(F)(F)F)C(C(F)(F)F)C1. The maximum Gasteiger partial charge on any atom is 0.492 e. The molecule has 104 valence electrons. The Morgan fingerprint density at radius 2 is 1.78 bits per heavy atom. The molecule has 10 heteroatoms. The molecule has 0 radical (unpaired) electrons. The van der Waals surface area contributed by atoms with Gasteiger partial charge in [-0.05, 0) is 0 Å². The molecule has 0 aromatic carbocycles. The van der Waals surface area contributed by atoms with E-state index in [4.69, 9.17) is 0 Å².